The molecule has 18 heavy (non-hydrogen) atoms. The van der Waals surface area contributed by atoms with Crippen molar-refractivity contribution >= 4 is 45.6 Å². The summed E-state index contributed by atoms with van der Waals surface area (Å²) in [5.41, 5.74) is 1.65. The van der Waals surface area contributed by atoms with Crippen LogP contribution in [0.4, 0.5) is 0 Å². The van der Waals surface area contributed by atoms with Gasteiger partial charge in [0.15, 0.2) is 11.5 Å². The van der Waals surface area contributed by atoms with Gasteiger partial charge >= 0.3 is 0 Å². The van der Waals surface area contributed by atoms with Gasteiger partial charge in [-0.05, 0) is 24.3 Å². The molecule has 5 heteroatoms. The van der Waals surface area contributed by atoms with Crippen LogP contribution < -0.4 is 0 Å². The van der Waals surface area contributed by atoms with E-state index in [-0.39, 0.29) is 5.38 Å². The Morgan fingerprint density at radius 3 is 2.78 bits per heavy atom. The number of nitrogens with zero attached hydrogens (tertiary/aromatic N) is 1. The maximum Gasteiger partial charge on any atom is 0.197 e. The first-order valence-electron chi connectivity index (χ1n) is 5.46. The van der Waals surface area contributed by atoms with Gasteiger partial charge in [-0.2, -0.15) is 0 Å². The topological polar surface area (TPSA) is 26.0 Å². The number of para-hydroxylation sites is 2. The molecule has 92 valence electrons. The van der Waals surface area contributed by atoms with Gasteiger partial charge in [-0.3, -0.25) is 0 Å². The molecule has 2 heterocycles. The minimum Gasteiger partial charge on any atom is -0.441 e. The minimum atomic E-state index is -0.157. The fraction of sp³-hybridized carbons (Fsp3) is 0.154. The van der Waals surface area contributed by atoms with E-state index in [1.165, 1.54) is 11.3 Å². The zero-order valence-electron chi connectivity index (χ0n) is 9.27. The van der Waals surface area contributed by atoms with Crippen LogP contribution in [0.25, 0.3) is 11.1 Å². The highest BCUT2D eigenvalue weighted by Crippen LogP contribution is 2.33. The van der Waals surface area contributed by atoms with Crippen LogP contribution >= 0.6 is 34.5 Å². The second-order valence-corrected chi connectivity index (χ2v) is 6.16. The van der Waals surface area contributed by atoms with E-state index in [0.717, 1.165) is 20.3 Å². The molecule has 0 saturated heterocycles. The predicted octanol–water partition coefficient (Wildman–Crippen LogP) is 5.07. The summed E-state index contributed by atoms with van der Waals surface area (Å²) in [5, 5.41) is -0.157. The van der Waals surface area contributed by atoms with Crippen molar-refractivity contribution in [2.24, 2.45) is 0 Å². The molecule has 0 aliphatic heterocycles. The van der Waals surface area contributed by atoms with E-state index in [2.05, 4.69) is 4.98 Å². The Hall–Kier alpha value is -1.03. The molecule has 0 fully saturated rings. The van der Waals surface area contributed by atoms with Gasteiger partial charge in [0.05, 0.1) is 9.71 Å². The van der Waals surface area contributed by atoms with E-state index in [1.807, 2.05) is 36.4 Å². The first-order valence-corrected chi connectivity index (χ1v) is 7.09. The van der Waals surface area contributed by atoms with Gasteiger partial charge in [-0.1, -0.05) is 23.7 Å². The molecule has 0 aliphatic carbocycles. The summed E-state index contributed by atoms with van der Waals surface area (Å²) in [5.74, 6) is 0.653. The van der Waals surface area contributed by atoms with E-state index in [4.69, 9.17) is 27.6 Å². The van der Waals surface area contributed by atoms with Gasteiger partial charge in [-0.25, -0.2) is 4.98 Å². The largest absolute Gasteiger partial charge is 0.441 e. The number of thiophene rings is 1. The molecule has 0 spiro atoms. The van der Waals surface area contributed by atoms with Gasteiger partial charge in [0.25, 0.3) is 0 Å². The molecular weight excluding hydrogens is 289 g/mol. The molecule has 0 N–H and O–H groups in total. The quantitative estimate of drug-likeness (QED) is 0.631. The van der Waals surface area contributed by atoms with E-state index >= 15 is 0 Å². The van der Waals surface area contributed by atoms with Crippen LogP contribution in [0.3, 0.4) is 0 Å². The van der Waals surface area contributed by atoms with Crippen LogP contribution in [0.5, 0.6) is 0 Å². The van der Waals surface area contributed by atoms with Crippen LogP contribution in [0.1, 0.15) is 16.1 Å². The molecule has 3 aromatic rings. The number of hydrogen-bond acceptors (Lipinski definition) is 3. The van der Waals surface area contributed by atoms with E-state index in [0.29, 0.717) is 12.3 Å². The third kappa shape index (κ3) is 2.39. The van der Waals surface area contributed by atoms with Crippen molar-refractivity contribution in [3.63, 3.8) is 0 Å². The first-order chi connectivity index (χ1) is 8.72. The summed E-state index contributed by atoms with van der Waals surface area (Å²) in [6.07, 6.45) is 0.563. The molecular formula is C13H9Cl2NOS. The molecule has 2 aromatic heterocycles. The Labute approximate surface area is 118 Å². The zero-order valence-corrected chi connectivity index (χ0v) is 11.6. The Kier molecular flexibility index (Phi) is 3.29. The SMILES string of the molecule is Clc1ccc(C(Cl)Cc2nc3ccccc3o2)s1. The van der Waals surface area contributed by atoms with Crippen molar-refractivity contribution in [2.75, 3.05) is 0 Å². The van der Waals surface area contributed by atoms with E-state index in [9.17, 15) is 0 Å². The van der Waals surface area contributed by atoms with Crippen molar-refractivity contribution < 1.29 is 4.42 Å². The van der Waals surface area contributed by atoms with Gasteiger partial charge in [-0.15, -0.1) is 22.9 Å². The Morgan fingerprint density at radius 1 is 1.22 bits per heavy atom. The number of aromatic nitrogens is 1. The highest BCUT2D eigenvalue weighted by atomic mass is 35.5. The molecule has 1 unspecified atom stereocenters. The van der Waals surface area contributed by atoms with Crippen molar-refractivity contribution in [3.8, 4) is 0 Å². The molecule has 0 aliphatic rings. The second kappa shape index (κ2) is 4.92. The highest BCUT2D eigenvalue weighted by molar-refractivity contribution is 7.16. The number of halogens is 2. The summed E-state index contributed by atoms with van der Waals surface area (Å²) >= 11 is 13.7. The average molecular weight is 298 g/mol. The van der Waals surface area contributed by atoms with Gasteiger partial charge in [0.1, 0.15) is 5.52 Å². The average Bonchev–Trinajstić information content (AvgIpc) is 2.94. The van der Waals surface area contributed by atoms with Gasteiger partial charge in [0.2, 0.25) is 0 Å². The summed E-state index contributed by atoms with van der Waals surface area (Å²) < 4.78 is 6.39. The zero-order chi connectivity index (χ0) is 12.5. The lowest BCUT2D eigenvalue weighted by Gasteiger charge is -2.02. The molecule has 0 radical (unpaired) electrons. The second-order valence-electron chi connectivity index (χ2n) is 3.89. The fourth-order valence-corrected chi connectivity index (χ4v) is 3.13. The van der Waals surface area contributed by atoms with E-state index < -0.39 is 0 Å². The minimum absolute atomic E-state index is 0.157. The summed E-state index contributed by atoms with van der Waals surface area (Å²) in [6.45, 7) is 0. The summed E-state index contributed by atoms with van der Waals surface area (Å²) in [7, 11) is 0. The molecule has 0 bridgehead atoms. The fourth-order valence-electron chi connectivity index (χ4n) is 1.76. The highest BCUT2D eigenvalue weighted by Gasteiger charge is 2.15. The summed E-state index contributed by atoms with van der Waals surface area (Å²) in [6, 6.07) is 11.5. The monoisotopic (exact) mass is 297 g/mol. The van der Waals surface area contributed by atoms with Crippen LogP contribution in [0.2, 0.25) is 4.34 Å². The van der Waals surface area contributed by atoms with E-state index in [1.54, 1.807) is 0 Å². The standard InChI is InChI=1S/C13H9Cl2NOS/c14-8(11-5-6-12(15)18-11)7-13-16-9-3-1-2-4-10(9)17-13/h1-6,8H,7H2. The lowest BCUT2D eigenvalue weighted by Crippen LogP contribution is -1.93. The molecule has 0 amide bonds. The maximum absolute atomic E-state index is 6.33. The van der Waals surface area contributed by atoms with Gasteiger partial charge in [0, 0.05) is 11.3 Å². The van der Waals surface area contributed by atoms with Gasteiger partial charge < -0.3 is 4.42 Å². The predicted molar refractivity (Wildman–Crippen MR) is 75.6 cm³/mol. The molecule has 1 aromatic carbocycles. The normalized spacial score (nSPS) is 13.0. The van der Waals surface area contributed by atoms with Crippen molar-refractivity contribution in [3.05, 3.63) is 51.5 Å². The Bertz CT molecular complexity index is 643. The molecule has 1 atom stereocenters. The molecule has 2 nitrogen and oxygen atoms in total. The number of rotatable bonds is 3. The van der Waals surface area contributed by atoms with Crippen LogP contribution in [0.15, 0.2) is 40.8 Å². The third-order valence-electron chi connectivity index (χ3n) is 2.59. The van der Waals surface area contributed by atoms with Crippen molar-refractivity contribution in [1.29, 1.82) is 0 Å². The van der Waals surface area contributed by atoms with Crippen LogP contribution in [0, 0.1) is 0 Å². The lowest BCUT2D eigenvalue weighted by molar-refractivity contribution is 0.526. The Morgan fingerprint density at radius 2 is 2.06 bits per heavy atom. The molecule has 3 rings (SSSR count). The number of oxazole rings is 1. The number of hydrogen-bond donors (Lipinski definition) is 0. The number of fused-ring (bicyclic) bond motifs is 1. The molecule has 0 saturated carbocycles. The van der Waals surface area contributed by atoms with Crippen LogP contribution in [-0.4, -0.2) is 4.98 Å². The van der Waals surface area contributed by atoms with Crippen LogP contribution in [-0.2, 0) is 6.42 Å². The number of alkyl halides is 1. The summed E-state index contributed by atoms with van der Waals surface area (Å²) in [4.78, 5) is 5.44. The van der Waals surface area contributed by atoms with Crippen molar-refractivity contribution in [1.82, 2.24) is 4.98 Å². The smallest absolute Gasteiger partial charge is 0.197 e. The first kappa shape index (κ1) is 12.0. The Balaban J connectivity index is 1.83. The van der Waals surface area contributed by atoms with Crippen molar-refractivity contribution in [2.45, 2.75) is 11.8 Å². The maximum atomic E-state index is 6.33. The lowest BCUT2D eigenvalue weighted by atomic mass is 10.2. The third-order valence-corrected chi connectivity index (χ3v) is 4.46. The number of benzene rings is 1.